The Kier molecular flexibility index (Phi) is 5.57. The molecule has 5 rings (SSSR count). The zero-order valence-corrected chi connectivity index (χ0v) is 19.5. The molecule has 1 saturated heterocycles. The molecule has 8 nitrogen and oxygen atoms in total. The smallest absolute Gasteiger partial charge is 0.251 e. The Morgan fingerprint density at radius 1 is 1.18 bits per heavy atom. The van der Waals surface area contributed by atoms with E-state index < -0.39 is 11.7 Å². The number of amides is 1. The van der Waals surface area contributed by atoms with Crippen molar-refractivity contribution in [3.05, 3.63) is 65.5 Å². The van der Waals surface area contributed by atoms with Gasteiger partial charge in [0.2, 0.25) is 0 Å². The van der Waals surface area contributed by atoms with Gasteiger partial charge in [-0.25, -0.2) is 14.1 Å². The first-order valence-corrected chi connectivity index (χ1v) is 11.2. The first-order chi connectivity index (χ1) is 16.4. The van der Waals surface area contributed by atoms with Crippen LogP contribution in [-0.2, 0) is 0 Å². The van der Waals surface area contributed by atoms with E-state index in [-0.39, 0.29) is 5.56 Å². The lowest BCUT2D eigenvalue weighted by Crippen LogP contribution is -2.29. The second-order valence-corrected chi connectivity index (χ2v) is 8.90. The van der Waals surface area contributed by atoms with Gasteiger partial charge in [0, 0.05) is 29.6 Å². The Bertz CT molecular complexity index is 1380. The molecule has 9 heteroatoms. The third-order valence-electron chi connectivity index (χ3n) is 6.69. The third-order valence-corrected chi connectivity index (χ3v) is 6.69. The van der Waals surface area contributed by atoms with Crippen molar-refractivity contribution in [2.24, 2.45) is 5.73 Å². The minimum Gasteiger partial charge on any atom is -0.496 e. The van der Waals surface area contributed by atoms with Crippen molar-refractivity contribution >= 4 is 11.6 Å². The van der Waals surface area contributed by atoms with Crippen LogP contribution in [-0.4, -0.2) is 57.2 Å². The van der Waals surface area contributed by atoms with Crippen molar-refractivity contribution in [2.45, 2.75) is 25.7 Å². The van der Waals surface area contributed by atoms with Gasteiger partial charge in [-0.05, 0) is 63.5 Å². The Hall–Kier alpha value is -3.72. The topological polar surface area (TPSA) is 90.7 Å². The summed E-state index contributed by atoms with van der Waals surface area (Å²) in [6.07, 6.45) is 9.65. The molecule has 2 N–H and O–H groups in total. The number of ether oxygens (including phenoxy) is 1. The molecule has 4 heterocycles. The van der Waals surface area contributed by atoms with E-state index in [1.54, 1.807) is 31.1 Å². The second-order valence-electron chi connectivity index (χ2n) is 8.90. The van der Waals surface area contributed by atoms with Crippen LogP contribution in [0.4, 0.5) is 4.39 Å². The van der Waals surface area contributed by atoms with Crippen LogP contribution in [0, 0.1) is 12.7 Å². The molecule has 34 heavy (non-hydrogen) atoms. The number of carbonyl (C=O) groups excluding carboxylic acids is 1. The lowest BCUT2D eigenvalue weighted by molar-refractivity contribution is 0.0996. The largest absolute Gasteiger partial charge is 0.496 e. The van der Waals surface area contributed by atoms with Gasteiger partial charge < -0.3 is 15.4 Å². The number of carbonyl (C=O) groups is 1. The molecule has 0 unspecified atom stereocenters. The van der Waals surface area contributed by atoms with E-state index >= 15 is 0 Å². The van der Waals surface area contributed by atoms with Gasteiger partial charge >= 0.3 is 0 Å². The van der Waals surface area contributed by atoms with Crippen LogP contribution in [0.1, 0.15) is 40.2 Å². The van der Waals surface area contributed by atoms with Crippen LogP contribution in [0.2, 0.25) is 0 Å². The number of aryl methyl sites for hydroxylation is 1. The van der Waals surface area contributed by atoms with Crippen LogP contribution < -0.4 is 10.5 Å². The van der Waals surface area contributed by atoms with Gasteiger partial charge in [0.05, 0.1) is 36.4 Å². The van der Waals surface area contributed by atoms with E-state index in [0.717, 1.165) is 48.6 Å². The third kappa shape index (κ3) is 3.81. The van der Waals surface area contributed by atoms with Crippen molar-refractivity contribution in [3.63, 3.8) is 0 Å². The molecule has 1 aliphatic heterocycles. The van der Waals surface area contributed by atoms with Gasteiger partial charge in [0.1, 0.15) is 17.2 Å². The summed E-state index contributed by atoms with van der Waals surface area (Å²) in [5.41, 5.74) is 10.1. The summed E-state index contributed by atoms with van der Waals surface area (Å²) in [7, 11) is 3.85. The maximum Gasteiger partial charge on any atom is 0.251 e. The van der Waals surface area contributed by atoms with E-state index in [1.807, 2.05) is 12.3 Å². The highest BCUT2D eigenvalue weighted by molar-refractivity contribution is 5.93. The number of aromatic nitrogens is 4. The quantitative estimate of drug-likeness (QED) is 0.490. The van der Waals surface area contributed by atoms with Crippen LogP contribution in [0.15, 0.2) is 43.0 Å². The fourth-order valence-electron chi connectivity index (χ4n) is 4.72. The molecule has 1 aliphatic rings. The number of rotatable bonds is 5. The normalized spacial score (nSPS) is 15.2. The zero-order valence-electron chi connectivity index (χ0n) is 19.5. The maximum atomic E-state index is 14.1. The highest BCUT2D eigenvalue weighted by atomic mass is 19.1. The number of pyridine rings is 1. The number of hydrogen-bond donors (Lipinski definition) is 1. The van der Waals surface area contributed by atoms with Crippen LogP contribution >= 0.6 is 0 Å². The molecule has 1 fully saturated rings. The molecule has 4 aromatic rings. The summed E-state index contributed by atoms with van der Waals surface area (Å²) in [4.78, 5) is 18.5. The molecule has 176 valence electrons. The number of likely N-dealkylation sites (tertiary alicyclic amines) is 1. The number of halogens is 1. The fourth-order valence-corrected chi connectivity index (χ4v) is 4.72. The van der Waals surface area contributed by atoms with Crippen LogP contribution in [0.25, 0.3) is 22.6 Å². The number of methoxy groups -OCH3 is 1. The first kappa shape index (κ1) is 22.1. The first-order valence-electron chi connectivity index (χ1n) is 11.2. The number of primary amides is 1. The summed E-state index contributed by atoms with van der Waals surface area (Å²) >= 11 is 0. The van der Waals surface area contributed by atoms with E-state index in [0.29, 0.717) is 17.2 Å². The highest BCUT2D eigenvalue weighted by Crippen LogP contribution is 2.36. The lowest BCUT2D eigenvalue weighted by atomic mass is 9.90. The van der Waals surface area contributed by atoms with Crippen LogP contribution in [0.3, 0.4) is 0 Å². The predicted octanol–water partition coefficient (Wildman–Crippen LogP) is 3.55. The van der Waals surface area contributed by atoms with Gasteiger partial charge in [-0.2, -0.15) is 5.10 Å². The molecule has 0 bridgehead atoms. The average Bonchev–Trinajstić information content (AvgIpc) is 3.45. The van der Waals surface area contributed by atoms with E-state index in [2.05, 4.69) is 32.6 Å². The van der Waals surface area contributed by atoms with Gasteiger partial charge in [-0.15, -0.1) is 0 Å². The Balaban J connectivity index is 1.56. The van der Waals surface area contributed by atoms with Crippen molar-refractivity contribution < 1.29 is 13.9 Å². The summed E-state index contributed by atoms with van der Waals surface area (Å²) < 4.78 is 23.5. The minimum atomic E-state index is -0.816. The average molecular weight is 463 g/mol. The molecular formula is C25H27FN6O2. The second kappa shape index (κ2) is 8.57. The summed E-state index contributed by atoms with van der Waals surface area (Å²) in [6, 6.07) is 4.71. The summed E-state index contributed by atoms with van der Waals surface area (Å²) in [5, 5.41) is 4.47. The molecule has 0 atom stereocenters. The predicted molar refractivity (Wildman–Crippen MR) is 127 cm³/mol. The molecule has 0 spiro atoms. The molecular weight excluding hydrogens is 435 g/mol. The van der Waals surface area contributed by atoms with E-state index in [1.165, 1.54) is 17.7 Å². The zero-order chi connectivity index (χ0) is 24.0. The number of imidazole rings is 1. The molecule has 0 aliphatic carbocycles. The molecule has 1 aromatic carbocycles. The summed E-state index contributed by atoms with van der Waals surface area (Å²) in [5.74, 6) is -0.181. The number of benzene rings is 1. The van der Waals surface area contributed by atoms with Crippen molar-refractivity contribution in [1.29, 1.82) is 0 Å². The Labute approximate surface area is 196 Å². The number of piperidine rings is 1. The summed E-state index contributed by atoms with van der Waals surface area (Å²) in [6.45, 7) is 3.87. The number of nitrogens with zero attached hydrogens (tertiary/aromatic N) is 5. The molecule has 3 aromatic heterocycles. The monoisotopic (exact) mass is 462 g/mol. The van der Waals surface area contributed by atoms with Gasteiger partial charge in [-0.3, -0.25) is 9.20 Å². The Morgan fingerprint density at radius 3 is 2.65 bits per heavy atom. The van der Waals surface area contributed by atoms with Crippen molar-refractivity contribution in [1.82, 2.24) is 24.1 Å². The minimum absolute atomic E-state index is 0.165. The van der Waals surface area contributed by atoms with Crippen LogP contribution in [0.5, 0.6) is 5.75 Å². The van der Waals surface area contributed by atoms with E-state index in [9.17, 15) is 9.18 Å². The number of nitrogens with two attached hydrogens (primary N) is 1. The Morgan fingerprint density at radius 2 is 1.94 bits per heavy atom. The maximum absolute atomic E-state index is 14.1. The van der Waals surface area contributed by atoms with Crippen molar-refractivity contribution in [3.8, 4) is 22.7 Å². The van der Waals surface area contributed by atoms with Gasteiger partial charge in [0.15, 0.2) is 0 Å². The molecule has 0 saturated carbocycles. The fraction of sp³-hybridized carbons (Fsp3) is 0.320. The van der Waals surface area contributed by atoms with E-state index in [4.69, 9.17) is 10.5 Å². The number of hydrogen-bond acceptors (Lipinski definition) is 5. The van der Waals surface area contributed by atoms with Gasteiger partial charge in [-0.1, -0.05) is 0 Å². The molecule has 1 amide bonds. The van der Waals surface area contributed by atoms with Gasteiger partial charge in [0.25, 0.3) is 5.91 Å². The number of fused-ring (bicyclic) bond motifs is 1. The lowest BCUT2D eigenvalue weighted by Gasteiger charge is -2.30. The SMILES string of the molecule is COc1cc2ncc(-c3cnn(-c4cc(C(N)=O)c(F)cc4C)c3)n2cc1C1CCN(C)CC1. The highest BCUT2D eigenvalue weighted by Gasteiger charge is 2.23. The molecule has 0 radical (unpaired) electrons. The standard InChI is InChI=1S/C25H27FN6O2/c1-15-8-20(26)18(25(27)33)9-21(15)32-13-17(11-29-32)22-12-28-24-10-23(34-3)19(14-31(22)24)16-4-6-30(2)7-5-16/h8-14,16H,4-7H2,1-3H3,(H2,27,33). The van der Waals surface area contributed by atoms with Crippen molar-refractivity contribution in [2.75, 3.05) is 27.2 Å².